The molecule has 0 unspecified atom stereocenters. The maximum Gasteiger partial charge on any atom is 0.240 e. The van der Waals surface area contributed by atoms with Gasteiger partial charge < -0.3 is 0 Å². The van der Waals surface area contributed by atoms with Crippen LogP contribution in [0.2, 0.25) is 5.02 Å². The highest BCUT2D eigenvalue weighted by Gasteiger charge is 2.16. The van der Waals surface area contributed by atoms with Crippen molar-refractivity contribution in [3.05, 3.63) is 46.7 Å². The Bertz CT molecular complexity index is 723. The molecule has 1 atom stereocenters. The van der Waals surface area contributed by atoms with Crippen molar-refractivity contribution in [2.24, 2.45) is 0 Å². The summed E-state index contributed by atoms with van der Waals surface area (Å²) in [6.45, 7) is 6.05. The van der Waals surface area contributed by atoms with Crippen LogP contribution in [0.25, 0.3) is 0 Å². The van der Waals surface area contributed by atoms with E-state index in [-0.39, 0.29) is 17.5 Å². The van der Waals surface area contributed by atoms with Gasteiger partial charge in [-0.05, 0) is 51.1 Å². The predicted molar refractivity (Wildman–Crippen MR) is 83.1 cm³/mol. The summed E-state index contributed by atoms with van der Waals surface area (Å²) in [6.07, 6.45) is 0. The Morgan fingerprint density at radius 3 is 2.43 bits per heavy atom. The van der Waals surface area contributed by atoms with Gasteiger partial charge in [-0.1, -0.05) is 11.6 Å². The van der Waals surface area contributed by atoms with E-state index in [1.165, 1.54) is 12.1 Å². The number of hydrogen-bond acceptors (Lipinski definition) is 3. The van der Waals surface area contributed by atoms with Crippen molar-refractivity contribution in [3.8, 4) is 0 Å². The molecule has 114 valence electrons. The molecule has 2 rings (SSSR count). The van der Waals surface area contributed by atoms with Crippen LogP contribution >= 0.6 is 11.6 Å². The summed E-state index contributed by atoms with van der Waals surface area (Å²) in [5.41, 5.74) is 1.92. The average molecular weight is 328 g/mol. The van der Waals surface area contributed by atoms with Gasteiger partial charge in [-0.3, -0.25) is 4.68 Å². The van der Waals surface area contributed by atoms with Gasteiger partial charge >= 0.3 is 0 Å². The zero-order chi connectivity index (χ0) is 15.6. The van der Waals surface area contributed by atoms with E-state index in [1.54, 1.807) is 12.1 Å². The highest BCUT2D eigenvalue weighted by Crippen LogP contribution is 2.15. The van der Waals surface area contributed by atoms with Crippen molar-refractivity contribution in [2.45, 2.75) is 31.7 Å². The molecule has 0 bridgehead atoms. The second kappa shape index (κ2) is 6.17. The van der Waals surface area contributed by atoms with Crippen LogP contribution in [0, 0.1) is 13.8 Å². The number of benzene rings is 1. The van der Waals surface area contributed by atoms with Crippen molar-refractivity contribution in [3.63, 3.8) is 0 Å². The molecule has 0 fully saturated rings. The van der Waals surface area contributed by atoms with Crippen molar-refractivity contribution >= 4 is 21.6 Å². The van der Waals surface area contributed by atoms with E-state index in [0.29, 0.717) is 5.02 Å². The van der Waals surface area contributed by atoms with E-state index < -0.39 is 10.0 Å². The standard InChI is InChI=1S/C14H18ClN3O2S/c1-10-8-11(2)18(17-10)12(3)9-16-21(19,20)14-6-4-13(15)5-7-14/h4-8,12,16H,9H2,1-3H3/t12-/m1/s1. The number of aromatic nitrogens is 2. The first-order chi connectivity index (χ1) is 9.79. The van der Waals surface area contributed by atoms with Gasteiger partial charge in [-0.2, -0.15) is 5.10 Å². The highest BCUT2D eigenvalue weighted by molar-refractivity contribution is 7.89. The molecular formula is C14H18ClN3O2S. The first kappa shape index (κ1) is 16.0. The molecule has 0 spiro atoms. The zero-order valence-electron chi connectivity index (χ0n) is 12.2. The summed E-state index contributed by atoms with van der Waals surface area (Å²) < 4.78 is 28.8. The summed E-state index contributed by atoms with van der Waals surface area (Å²) in [5, 5.41) is 4.86. The van der Waals surface area contributed by atoms with Crippen LogP contribution in [-0.4, -0.2) is 24.7 Å². The van der Waals surface area contributed by atoms with Gasteiger partial charge in [0.25, 0.3) is 0 Å². The topological polar surface area (TPSA) is 64.0 Å². The van der Waals surface area contributed by atoms with Crippen molar-refractivity contribution in [1.29, 1.82) is 0 Å². The summed E-state index contributed by atoms with van der Waals surface area (Å²) in [6, 6.07) is 7.98. The van der Waals surface area contributed by atoms with E-state index in [4.69, 9.17) is 11.6 Å². The molecular weight excluding hydrogens is 310 g/mol. The molecule has 0 saturated carbocycles. The SMILES string of the molecule is Cc1cc(C)n([C@H](C)CNS(=O)(=O)c2ccc(Cl)cc2)n1. The lowest BCUT2D eigenvalue weighted by atomic mass is 10.3. The number of aryl methyl sites for hydroxylation is 2. The smallest absolute Gasteiger partial charge is 0.240 e. The first-order valence-electron chi connectivity index (χ1n) is 6.57. The Labute approximate surface area is 130 Å². The lowest BCUT2D eigenvalue weighted by Crippen LogP contribution is -2.30. The lowest BCUT2D eigenvalue weighted by molar-refractivity contribution is 0.467. The summed E-state index contributed by atoms with van der Waals surface area (Å²) in [5.74, 6) is 0. The fraction of sp³-hybridized carbons (Fsp3) is 0.357. The van der Waals surface area contributed by atoms with Crippen molar-refractivity contribution in [1.82, 2.24) is 14.5 Å². The normalized spacial score (nSPS) is 13.3. The van der Waals surface area contributed by atoms with Crippen LogP contribution < -0.4 is 4.72 Å². The highest BCUT2D eigenvalue weighted by atomic mass is 35.5. The fourth-order valence-electron chi connectivity index (χ4n) is 2.11. The Morgan fingerprint density at radius 2 is 1.90 bits per heavy atom. The molecule has 0 radical (unpaired) electrons. The predicted octanol–water partition coefficient (Wildman–Crippen LogP) is 2.69. The van der Waals surface area contributed by atoms with Crippen molar-refractivity contribution < 1.29 is 8.42 Å². The maximum absolute atomic E-state index is 12.2. The molecule has 1 heterocycles. The van der Waals surface area contributed by atoms with Crippen LogP contribution in [0.1, 0.15) is 24.4 Å². The number of nitrogens with zero attached hydrogens (tertiary/aromatic N) is 2. The first-order valence-corrected chi connectivity index (χ1v) is 8.43. The number of halogens is 1. The van der Waals surface area contributed by atoms with E-state index >= 15 is 0 Å². The van der Waals surface area contributed by atoms with Gasteiger partial charge in [0.15, 0.2) is 0 Å². The second-order valence-corrected chi connectivity index (χ2v) is 7.23. The van der Waals surface area contributed by atoms with E-state index in [2.05, 4.69) is 9.82 Å². The largest absolute Gasteiger partial charge is 0.266 e. The maximum atomic E-state index is 12.2. The monoisotopic (exact) mass is 327 g/mol. The number of rotatable bonds is 5. The third-order valence-corrected chi connectivity index (χ3v) is 4.85. The Balaban J connectivity index is 2.08. The van der Waals surface area contributed by atoms with Crippen LogP contribution in [0.3, 0.4) is 0 Å². The molecule has 0 aliphatic carbocycles. The Morgan fingerprint density at radius 1 is 1.29 bits per heavy atom. The minimum Gasteiger partial charge on any atom is -0.266 e. The van der Waals surface area contributed by atoms with Gasteiger partial charge in [-0.15, -0.1) is 0 Å². The van der Waals surface area contributed by atoms with E-state index in [9.17, 15) is 8.42 Å². The Kier molecular flexibility index (Phi) is 4.70. The second-order valence-electron chi connectivity index (χ2n) is 5.03. The molecule has 7 heteroatoms. The molecule has 1 aromatic carbocycles. The van der Waals surface area contributed by atoms with E-state index in [0.717, 1.165) is 11.4 Å². The van der Waals surface area contributed by atoms with Gasteiger partial charge in [0, 0.05) is 17.3 Å². The van der Waals surface area contributed by atoms with Gasteiger partial charge in [0.05, 0.1) is 16.6 Å². The summed E-state index contributed by atoms with van der Waals surface area (Å²) in [4.78, 5) is 0.201. The van der Waals surface area contributed by atoms with Crippen LogP contribution in [-0.2, 0) is 10.0 Å². The number of nitrogens with one attached hydrogen (secondary N) is 1. The third-order valence-electron chi connectivity index (χ3n) is 3.15. The quantitative estimate of drug-likeness (QED) is 0.918. The van der Waals surface area contributed by atoms with Crippen LogP contribution in [0.4, 0.5) is 0 Å². The molecule has 1 N–H and O–H groups in total. The molecule has 2 aromatic rings. The fourth-order valence-corrected chi connectivity index (χ4v) is 3.35. The average Bonchev–Trinajstić information content (AvgIpc) is 2.76. The van der Waals surface area contributed by atoms with Crippen LogP contribution in [0.5, 0.6) is 0 Å². The van der Waals surface area contributed by atoms with Crippen molar-refractivity contribution in [2.75, 3.05) is 6.54 Å². The van der Waals surface area contributed by atoms with Gasteiger partial charge in [-0.25, -0.2) is 13.1 Å². The molecule has 1 aromatic heterocycles. The molecule has 0 saturated heterocycles. The molecule has 0 aliphatic heterocycles. The molecule has 21 heavy (non-hydrogen) atoms. The lowest BCUT2D eigenvalue weighted by Gasteiger charge is -2.15. The van der Waals surface area contributed by atoms with Crippen LogP contribution in [0.15, 0.2) is 35.2 Å². The molecule has 5 nitrogen and oxygen atoms in total. The van der Waals surface area contributed by atoms with E-state index in [1.807, 2.05) is 31.5 Å². The molecule has 0 amide bonds. The zero-order valence-corrected chi connectivity index (χ0v) is 13.7. The number of sulfonamides is 1. The molecule has 0 aliphatic rings. The summed E-state index contributed by atoms with van der Waals surface area (Å²) in [7, 11) is -3.54. The minimum atomic E-state index is -3.54. The number of hydrogen-bond donors (Lipinski definition) is 1. The van der Waals surface area contributed by atoms with Gasteiger partial charge in [0.2, 0.25) is 10.0 Å². The summed E-state index contributed by atoms with van der Waals surface area (Å²) >= 11 is 5.76. The third kappa shape index (κ3) is 3.84. The minimum absolute atomic E-state index is 0.0687. The Hall–Kier alpha value is -1.37. The van der Waals surface area contributed by atoms with Gasteiger partial charge in [0.1, 0.15) is 0 Å².